The molecular weight excluding hydrogens is 272 g/mol. The smallest absolute Gasteiger partial charge is 0.0941 e. The molecule has 1 aromatic rings. The van der Waals surface area contributed by atoms with Gasteiger partial charge in [0.25, 0.3) is 0 Å². The third kappa shape index (κ3) is 5.46. The molecule has 5 nitrogen and oxygen atoms in total. The van der Waals surface area contributed by atoms with E-state index in [0.29, 0.717) is 0 Å². The first-order valence-corrected chi connectivity index (χ1v) is 8.19. The highest BCUT2D eigenvalue weighted by molar-refractivity contribution is 7.09. The van der Waals surface area contributed by atoms with Crippen molar-refractivity contribution in [2.45, 2.75) is 13.0 Å². The van der Waals surface area contributed by atoms with Gasteiger partial charge in [-0.1, -0.05) is 0 Å². The van der Waals surface area contributed by atoms with Crippen LogP contribution in [0, 0.1) is 0 Å². The summed E-state index contributed by atoms with van der Waals surface area (Å²) in [6, 6.07) is 0. The molecule has 1 aliphatic rings. The fourth-order valence-corrected chi connectivity index (χ4v) is 3.05. The van der Waals surface area contributed by atoms with Crippen molar-refractivity contribution in [2.75, 3.05) is 60.0 Å². The van der Waals surface area contributed by atoms with Crippen LogP contribution < -0.4 is 5.32 Å². The van der Waals surface area contributed by atoms with Gasteiger partial charge in [0.05, 0.1) is 17.3 Å². The number of nitrogens with zero attached hydrogens (tertiary/aromatic N) is 3. The standard InChI is InChI=1S/C14H26N4OS/c1-17-6-8-18(9-7-17)5-3-14-16-13(12-20-14)11-15-4-10-19-2/h12,15H,3-11H2,1-2H3. The summed E-state index contributed by atoms with van der Waals surface area (Å²) in [6.45, 7) is 8.36. The average Bonchev–Trinajstić information content (AvgIpc) is 2.91. The zero-order chi connectivity index (χ0) is 14.2. The minimum atomic E-state index is 0.750. The van der Waals surface area contributed by atoms with Crippen molar-refractivity contribution in [1.82, 2.24) is 20.1 Å². The first kappa shape index (κ1) is 15.9. The molecule has 0 saturated carbocycles. The summed E-state index contributed by atoms with van der Waals surface area (Å²) in [5, 5.41) is 6.75. The lowest BCUT2D eigenvalue weighted by Crippen LogP contribution is -2.45. The van der Waals surface area contributed by atoms with Crippen LogP contribution in [-0.4, -0.2) is 74.8 Å². The molecule has 0 unspecified atom stereocenters. The topological polar surface area (TPSA) is 40.6 Å². The van der Waals surface area contributed by atoms with Crippen LogP contribution in [-0.2, 0) is 17.7 Å². The Labute approximate surface area is 125 Å². The zero-order valence-corrected chi connectivity index (χ0v) is 13.4. The maximum atomic E-state index is 5.01. The van der Waals surface area contributed by atoms with E-state index >= 15 is 0 Å². The lowest BCUT2D eigenvalue weighted by molar-refractivity contribution is 0.155. The van der Waals surface area contributed by atoms with Crippen LogP contribution in [0.3, 0.4) is 0 Å². The van der Waals surface area contributed by atoms with E-state index in [1.54, 1.807) is 18.4 Å². The molecule has 0 amide bonds. The van der Waals surface area contributed by atoms with Gasteiger partial charge in [0.15, 0.2) is 0 Å². The third-order valence-electron chi connectivity index (χ3n) is 3.63. The van der Waals surface area contributed by atoms with Crippen molar-refractivity contribution in [1.29, 1.82) is 0 Å². The molecule has 0 atom stereocenters. The Balaban J connectivity index is 1.65. The lowest BCUT2D eigenvalue weighted by atomic mass is 10.3. The Hall–Kier alpha value is -0.530. The predicted molar refractivity (Wildman–Crippen MR) is 83.3 cm³/mol. The van der Waals surface area contributed by atoms with Gasteiger partial charge in [-0.15, -0.1) is 11.3 Å². The number of nitrogens with one attached hydrogen (secondary N) is 1. The van der Waals surface area contributed by atoms with E-state index in [4.69, 9.17) is 4.74 Å². The molecule has 0 aromatic carbocycles. The summed E-state index contributed by atoms with van der Waals surface area (Å²) < 4.78 is 5.01. The molecule has 1 aromatic heterocycles. The molecule has 2 heterocycles. The summed E-state index contributed by atoms with van der Waals surface area (Å²) in [4.78, 5) is 9.62. The molecule has 2 rings (SSSR count). The van der Waals surface area contributed by atoms with E-state index in [9.17, 15) is 0 Å². The number of likely N-dealkylation sites (N-methyl/N-ethyl adjacent to an activating group) is 1. The highest BCUT2D eigenvalue weighted by Crippen LogP contribution is 2.11. The first-order chi connectivity index (χ1) is 9.78. The number of thiazole rings is 1. The van der Waals surface area contributed by atoms with Crippen molar-refractivity contribution in [3.05, 3.63) is 16.1 Å². The number of ether oxygens (including phenoxy) is 1. The minimum absolute atomic E-state index is 0.750. The largest absolute Gasteiger partial charge is 0.383 e. The van der Waals surface area contributed by atoms with Crippen LogP contribution >= 0.6 is 11.3 Å². The van der Waals surface area contributed by atoms with Gasteiger partial charge in [0.1, 0.15) is 0 Å². The Bertz CT molecular complexity index is 377. The van der Waals surface area contributed by atoms with E-state index < -0.39 is 0 Å². The third-order valence-corrected chi connectivity index (χ3v) is 4.58. The van der Waals surface area contributed by atoms with Crippen LogP contribution in [0.15, 0.2) is 5.38 Å². The molecule has 0 aliphatic carbocycles. The van der Waals surface area contributed by atoms with Gasteiger partial charge in [0, 0.05) is 64.7 Å². The second-order valence-corrected chi connectivity index (χ2v) is 6.24. The quantitative estimate of drug-likeness (QED) is 0.714. The average molecular weight is 298 g/mol. The summed E-state index contributed by atoms with van der Waals surface area (Å²) in [5.41, 5.74) is 1.15. The van der Waals surface area contributed by atoms with E-state index in [1.807, 2.05) is 0 Å². The van der Waals surface area contributed by atoms with Crippen molar-refractivity contribution < 1.29 is 4.74 Å². The van der Waals surface area contributed by atoms with E-state index in [2.05, 4.69) is 32.5 Å². The normalized spacial score (nSPS) is 17.7. The SMILES string of the molecule is COCCNCc1csc(CCN2CCN(C)CC2)n1. The van der Waals surface area contributed by atoms with Crippen LogP contribution in [0.25, 0.3) is 0 Å². The number of hydrogen-bond donors (Lipinski definition) is 1. The number of hydrogen-bond acceptors (Lipinski definition) is 6. The van der Waals surface area contributed by atoms with Crippen LogP contribution in [0.5, 0.6) is 0 Å². The van der Waals surface area contributed by atoms with E-state index in [-0.39, 0.29) is 0 Å². The Morgan fingerprint density at radius 2 is 2.15 bits per heavy atom. The molecule has 0 radical (unpaired) electrons. The number of piperazine rings is 1. The first-order valence-electron chi connectivity index (χ1n) is 7.32. The molecule has 114 valence electrons. The molecule has 6 heteroatoms. The second-order valence-electron chi connectivity index (χ2n) is 5.30. The fraction of sp³-hybridized carbons (Fsp3) is 0.786. The van der Waals surface area contributed by atoms with Crippen LogP contribution in [0.1, 0.15) is 10.7 Å². The summed E-state index contributed by atoms with van der Waals surface area (Å²) in [5.74, 6) is 0. The van der Waals surface area contributed by atoms with Gasteiger partial charge >= 0.3 is 0 Å². The molecule has 1 aliphatic heterocycles. The number of aromatic nitrogens is 1. The van der Waals surface area contributed by atoms with Crippen LogP contribution in [0.4, 0.5) is 0 Å². The second kappa shape index (κ2) is 8.69. The molecule has 1 N–H and O–H groups in total. The summed E-state index contributed by atoms with van der Waals surface area (Å²) >= 11 is 1.78. The van der Waals surface area contributed by atoms with Gasteiger partial charge in [0.2, 0.25) is 0 Å². The summed E-state index contributed by atoms with van der Waals surface area (Å²) in [7, 11) is 3.92. The highest BCUT2D eigenvalue weighted by atomic mass is 32.1. The van der Waals surface area contributed by atoms with Gasteiger partial charge in [-0.3, -0.25) is 0 Å². The maximum Gasteiger partial charge on any atom is 0.0941 e. The predicted octanol–water partition coefficient (Wildman–Crippen LogP) is 0.669. The van der Waals surface area contributed by atoms with Gasteiger partial charge in [-0.25, -0.2) is 4.98 Å². The maximum absolute atomic E-state index is 5.01. The minimum Gasteiger partial charge on any atom is -0.383 e. The van der Waals surface area contributed by atoms with Crippen molar-refractivity contribution in [3.63, 3.8) is 0 Å². The molecule has 1 fully saturated rings. The molecule has 0 bridgehead atoms. The number of methoxy groups -OCH3 is 1. The zero-order valence-electron chi connectivity index (χ0n) is 12.6. The number of rotatable bonds is 8. The fourth-order valence-electron chi connectivity index (χ4n) is 2.26. The summed E-state index contributed by atoms with van der Waals surface area (Å²) in [6.07, 6.45) is 1.08. The Kier molecular flexibility index (Phi) is 6.89. The van der Waals surface area contributed by atoms with E-state index in [0.717, 1.165) is 38.4 Å². The van der Waals surface area contributed by atoms with Crippen molar-refractivity contribution >= 4 is 11.3 Å². The Morgan fingerprint density at radius 1 is 1.35 bits per heavy atom. The van der Waals surface area contributed by atoms with E-state index in [1.165, 1.54) is 31.2 Å². The van der Waals surface area contributed by atoms with Crippen molar-refractivity contribution in [2.24, 2.45) is 0 Å². The highest BCUT2D eigenvalue weighted by Gasteiger charge is 2.13. The van der Waals surface area contributed by atoms with Gasteiger partial charge in [-0.2, -0.15) is 0 Å². The molecule has 20 heavy (non-hydrogen) atoms. The van der Waals surface area contributed by atoms with Gasteiger partial charge < -0.3 is 19.9 Å². The molecule has 0 spiro atoms. The monoisotopic (exact) mass is 298 g/mol. The Morgan fingerprint density at radius 3 is 2.90 bits per heavy atom. The van der Waals surface area contributed by atoms with Gasteiger partial charge in [-0.05, 0) is 7.05 Å². The molecular formula is C14H26N4OS. The van der Waals surface area contributed by atoms with Crippen LogP contribution in [0.2, 0.25) is 0 Å². The molecule has 1 saturated heterocycles. The van der Waals surface area contributed by atoms with Crippen molar-refractivity contribution in [3.8, 4) is 0 Å². The lowest BCUT2D eigenvalue weighted by Gasteiger charge is -2.32.